The van der Waals surface area contributed by atoms with Crippen LogP contribution in [0, 0.1) is 18.3 Å². The first-order valence-corrected chi connectivity index (χ1v) is 5.52. The molecule has 17 heavy (non-hydrogen) atoms. The summed E-state index contributed by atoms with van der Waals surface area (Å²) in [5.74, 6) is 1.21. The number of hydrogen-bond acceptors (Lipinski definition) is 4. The van der Waals surface area contributed by atoms with E-state index >= 15 is 0 Å². The summed E-state index contributed by atoms with van der Waals surface area (Å²) >= 11 is 0. The molecule has 86 valence electrons. The van der Waals surface area contributed by atoms with Gasteiger partial charge in [0.2, 0.25) is 5.89 Å². The molecule has 0 fully saturated rings. The number of rotatable bonds is 4. The van der Waals surface area contributed by atoms with Crippen LogP contribution in [0.5, 0.6) is 0 Å². The lowest BCUT2D eigenvalue weighted by Gasteiger charge is -2.00. The van der Waals surface area contributed by atoms with Gasteiger partial charge in [-0.3, -0.25) is 0 Å². The average molecular weight is 227 g/mol. The Bertz CT molecular complexity index is 540. The molecule has 2 aromatic rings. The van der Waals surface area contributed by atoms with Crippen LogP contribution in [0.15, 0.2) is 28.8 Å². The van der Waals surface area contributed by atoms with Crippen molar-refractivity contribution in [1.82, 2.24) is 10.1 Å². The SMILES string of the molecule is Cc1ccccc1Cc1noc(CCC#N)n1. The highest BCUT2D eigenvalue weighted by Gasteiger charge is 2.07. The minimum Gasteiger partial charge on any atom is -0.339 e. The van der Waals surface area contributed by atoms with Crippen molar-refractivity contribution >= 4 is 0 Å². The van der Waals surface area contributed by atoms with Gasteiger partial charge < -0.3 is 4.52 Å². The molecule has 0 spiro atoms. The van der Waals surface area contributed by atoms with E-state index in [1.165, 1.54) is 11.1 Å². The quantitative estimate of drug-likeness (QED) is 0.804. The fraction of sp³-hybridized carbons (Fsp3) is 0.308. The Hall–Kier alpha value is -2.15. The van der Waals surface area contributed by atoms with Crippen molar-refractivity contribution in [3.8, 4) is 6.07 Å². The second kappa shape index (κ2) is 5.26. The van der Waals surface area contributed by atoms with Crippen LogP contribution in [-0.4, -0.2) is 10.1 Å². The normalized spacial score (nSPS) is 10.1. The van der Waals surface area contributed by atoms with Gasteiger partial charge in [0.1, 0.15) is 0 Å². The first-order chi connectivity index (χ1) is 8.29. The Labute approximate surface area is 99.9 Å². The van der Waals surface area contributed by atoms with Crippen molar-refractivity contribution in [3.63, 3.8) is 0 Å². The zero-order valence-corrected chi connectivity index (χ0v) is 9.68. The summed E-state index contributed by atoms with van der Waals surface area (Å²) in [6.45, 7) is 2.06. The molecule has 1 aromatic heterocycles. The maximum Gasteiger partial charge on any atom is 0.227 e. The van der Waals surface area contributed by atoms with E-state index < -0.39 is 0 Å². The Morgan fingerprint density at radius 2 is 2.18 bits per heavy atom. The lowest BCUT2D eigenvalue weighted by molar-refractivity contribution is 0.374. The fourth-order valence-corrected chi connectivity index (χ4v) is 1.61. The highest BCUT2D eigenvalue weighted by Crippen LogP contribution is 2.11. The zero-order chi connectivity index (χ0) is 12.1. The summed E-state index contributed by atoms with van der Waals surface area (Å²) in [4.78, 5) is 4.26. The fourth-order valence-electron chi connectivity index (χ4n) is 1.61. The van der Waals surface area contributed by atoms with E-state index in [1.54, 1.807) is 0 Å². The summed E-state index contributed by atoms with van der Waals surface area (Å²) in [5, 5.41) is 12.4. The third-order valence-electron chi connectivity index (χ3n) is 2.57. The summed E-state index contributed by atoms with van der Waals surface area (Å²) in [6.07, 6.45) is 1.60. The molecular formula is C13H13N3O. The largest absolute Gasteiger partial charge is 0.339 e. The monoisotopic (exact) mass is 227 g/mol. The molecule has 4 heteroatoms. The van der Waals surface area contributed by atoms with E-state index in [9.17, 15) is 0 Å². The number of aryl methyl sites for hydroxylation is 2. The highest BCUT2D eigenvalue weighted by atomic mass is 16.5. The molecule has 0 radical (unpaired) electrons. The number of nitriles is 1. The Kier molecular flexibility index (Phi) is 3.51. The number of nitrogens with zero attached hydrogens (tertiary/aromatic N) is 3. The van der Waals surface area contributed by atoms with Gasteiger partial charge in [-0.25, -0.2) is 0 Å². The third kappa shape index (κ3) is 2.91. The molecule has 0 N–H and O–H groups in total. The van der Waals surface area contributed by atoms with E-state index in [0.29, 0.717) is 31.0 Å². The summed E-state index contributed by atoms with van der Waals surface area (Å²) in [5.41, 5.74) is 2.41. The second-order valence-corrected chi connectivity index (χ2v) is 3.87. The van der Waals surface area contributed by atoms with Gasteiger partial charge in [-0.05, 0) is 18.1 Å². The number of aromatic nitrogens is 2. The molecule has 4 nitrogen and oxygen atoms in total. The van der Waals surface area contributed by atoms with Crippen LogP contribution >= 0.6 is 0 Å². The third-order valence-corrected chi connectivity index (χ3v) is 2.57. The van der Waals surface area contributed by atoms with Gasteiger partial charge in [0, 0.05) is 19.3 Å². The maximum atomic E-state index is 8.47. The molecule has 0 amide bonds. The predicted molar refractivity (Wildman–Crippen MR) is 62.2 cm³/mol. The molecular weight excluding hydrogens is 214 g/mol. The van der Waals surface area contributed by atoms with E-state index in [1.807, 2.05) is 12.1 Å². The van der Waals surface area contributed by atoms with Crippen LogP contribution in [0.4, 0.5) is 0 Å². The molecule has 2 rings (SSSR count). The zero-order valence-electron chi connectivity index (χ0n) is 9.68. The van der Waals surface area contributed by atoms with Gasteiger partial charge in [-0.2, -0.15) is 10.2 Å². The second-order valence-electron chi connectivity index (χ2n) is 3.87. The lowest BCUT2D eigenvalue weighted by Crippen LogP contribution is -1.94. The predicted octanol–water partition coefficient (Wildman–Crippen LogP) is 2.43. The molecule has 0 saturated heterocycles. The van der Waals surface area contributed by atoms with Crippen molar-refractivity contribution < 1.29 is 4.52 Å². The van der Waals surface area contributed by atoms with Crippen LogP contribution in [0.3, 0.4) is 0 Å². The molecule has 1 aromatic carbocycles. The number of benzene rings is 1. The van der Waals surface area contributed by atoms with Gasteiger partial charge in [0.15, 0.2) is 5.82 Å². The van der Waals surface area contributed by atoms with Crippen LogP contribution in [0.1, 0.15) is 29.3 Å². The van der Waals surface area contributed by atoms with Gasteiger partial charge in [-0.1, -0.05) is 29.4 Å². The van der Waals surface area contributed by atoms with Crippen LogP contribution in [0.25, 0.3) is 0 Å². The molecule has 0 aliphatic heterocycles. The molecule has 1 heterocycles. The first kappa shape index (κ1) is 11.3. The van der Waals surface area contributed by atoms with Crippen LogP contribution in [0.2, 0.25) is 0 Å². The van der Waals surface area contributed by atoms with Crippen LogP contribution < -0.4 is 0 Å². The maximum absolute atomic E-state index is 8.47. The summed E-state index contributed by atoms with van der Waals surface area (Å²) < 4.78 is 5.07. The minimum absolute atomic E-state index is 0.409. The smallest absolute Gasteiger partial charge is 0.227 e. The van der Waals surface area contributed by atoms with Gasteiger partial charge in [-0.15, -0.1) is 0 Å². The van der Waals surface area contributed by atoms with Gasteiger partial charge in [0.25, 0.3) is 0 Å². The highest BCUT2D eigenvalue weighted by molar-refractivity contribution is 5.27. The molecule has 0 atom stereocenters. The average Bonchev–Trinajstić information content (AvgIpc) is 2.77. The number of hydrogen-bond donors (Lipinski definition) is 0. The van der Waals surface area contributed by atoms with Crippen LogP contribution in [-0.2, 0) is 12.8 Å². The molecule has 0 aliphatic rings. The van der Waals surface area contributed by atoms with Crippen molar-refractivity contribution in [1.29, 1.82) is 5.26 Å². The topological polar surface area (TPSA) is 62.7 Å². The van der Waals surface area contributed by atoms with E-state index in [0.717, 1.165) is 0 Å². The lowest BCUT2D eigenvalue weighted by atomic mass is 10.1. The minimum atomic E-state index is 0.409. The van der Waals surface area contributed by atoms with Gasteiger partial charge >= 0.3 is 0 Å². The molecule has 0 aliphatic carbocycles. The van der Waals surface area contributed by atoms with Crippen molar-refractivity contribution in [2.24, 2.45) is 0 Å². The molecule has 0 bridgehead atoms. The van der Waals surface area contributed by atoms with E-state index in [-0.39, 0.29) is 0 Å². The summed E-state index contributed by atoms with van der Waals surface area (Å²) in [7, 11) is 0. The van der Waals surface area contributed by atoms with Crippen molar-refractivity contribution in [3.05, 3.63) is 47.1 Å². The van der Waals surface area contributed by atoms with Crippen molar-refractivity contribution in [2.45, 2.75) is 26.2 Å². The Morgan fingerprint density at radius 1 is 1.35 bits per heavy atom. The molecule has 0 saturated carbocycles. The van der Waals surface area contributed by atoms with Gasteiger partial charge in [0.05, 0.1) is 6.07 Å². The van der Waals surface area contributed by atoms with Crippen molar-refractivity contribution in [2.75, 3.05) is 0 Å². The Morgan fingerprint density at radius 3 is 2.94 bits per heavy atom. The van der Waals surface area contributed by atoms with E-state index in [2.05, 4.69) is 35.3 Å². The Balaban J connectivity index is 2.07. The standard InChI is InChI=1S/C13H13N3O/c1-10-5-2-3-6-11(10)9-12-15-13(17-16-12)7-4-8-14/h2-3,5-6H,4,7,9H2,1H3. The van der Waals surface area contributed by atoms with E-state index in [4.69, 9.17) is 9.78 Å². The molecule has 0 unspecified atom stereocenters. The summed E-state index contributed by atoms with van der Waals surface area (Å²) in [6, 6.07) is 10.2. The first-order valence-electron chi connectivity index (χ1n) is 5.52.